The molecule has 4 aromatic heterocycles. The molecular formula is C43H41N3. The molecule has 4 fully saturated rings. The largest absolute Gasteiger partial charge is 0.305 e. The molecule has 0 aliphatic heterocycles. The second-order valence-electron chi connectivity index (χ2n) is 17.8. The van der Waals surface area contributed by atoms with Gasteiger partial charge in [-0.05, 0) is 139 Å². The molecule has 46 heavy (non-hydrogen) atoms. The van der Waals surface area contributed by atoms with Crippen LogP contribution in [0.4, 0.5) is 0 Å². The van der Waals surface area contributed by atoms with Gasteiger partial charge in [-0.3, -0.25) is 9.97 Å². The highest BCUT2D eigenvalue weighted by Crippen LogP contribution is 2.62. The standard InChI is InChI=1S/C43H41N3/c1-43(2)31-6-4-3-5-28(31)29-17-30-36-32(18-44-40-26-13-20-7-21(14-26)10-24(9-20)34(36)40)46-33-19-45-41-27-15-22-8-23(16-27)12-25(11-22)35(41)37(33)38(39(29)43)42(30)46/h3-6,17-27H,7-16H2,1-2H3. The Morgan fingerprint density at radius 1 is 0.609 bits per heavy atom. The van der Waals surface area contributed by atoms with Gasteiger partial charge in [-0.2, -0.15) is 0 Å². The summed E-state index contributed by atoms with van der Waals surface area (Å²) in [6, 6.07) is 12.0. The fourth-order valence-corrected chi connectivity index (χ4v) is 14.0. The van der Waals surface area contributed by atoms with E-state index in [4.69, 9.17) is 9.97 Å². The molecule has 0 amide bonds. The van der Waals surface area contributed by atoms with E-state index >= 15 is 0 Å². The molecule has 6 aromatic rings. The first-order valence-corrected chi connectivity index (χ1v) is 18.7. The first kappa shape index (κ1) is 24.7. The Bertz CT molecular complexity index is 2350. The molecule has 9 aliphatic rings. The molecule has 0 spiro atoms. The summed E-state index contributed by atoms with van der Waals surface area (Å²) < 4.78 is 2.68. The van der Waals surface area contributed by atoms with Crippen LogP contribution in [0.1, 0.15) is 135 Å². The summed E-state index contributed by atoms with van der Waals surface area (Å²) in [6.45, 7) is 5.00. The monoisotopic (exact) mass is 599 g/mol. The minimum absolute atomic E-state index is 0.0522. The predicted molar refractivity (Wildman–Crippen MR) is 185 cm³/mol. The maximum atomic E-state index is 5.50. The van der Waals surface area contributed by atoms with Crippen molar-refractivity contribution in [1.82, 2.24) is 14.4 Å². The number of nitrogens with zero attached hydrogens (tertiary/aromatic N) is 3. The summed E-state index contributed by atoms with van der Waals surface area (Å²) in [6.07, 6.45) is 18.5. The highest BCUT2D eigenvalue weighted by molar-refractivity contribution is 6.28. The van der Waals surface area contributed by atoms with E-state index in [1.807, 2.05) is 0 Å². The molecule has 0 radical (unpaired) electrons. The second kappa shape index (κ2) is 7.80. The van der Waals surface area contributed by atoms with E-state index in [1.165, 1.54) is 114 Å². The predicted octanol–water partition coefficient (Wildman–Crippen LogP) is 10.7. The summed E-state index contributed by atoms with van der Waals surface area (Å²) in [5, 5.41) is 6.18. The number of hydrogen-bond acceptors (Lipinski definition) is 2. The van der Waals surface area contributed by atoms with Crippen molar-refractivity contribution in [2.45, 2.75) is 107 Å². The zero-order chi connectivity index (χ0) is 29.8. The smallest absolute Gasteiger partial charge is 0.0728 e. The first-order valence-electron chi connectivity index (χ1n) is 18.7. The Hall–Kier alpha value is -3.46. The Morgan fingerprint density at radius 3 is 1.78 bits per heavy atom. The Balaban J connectivity index is 1.25. The third-order valence-corrected chi connectivity index (χ3v) is 15.2. The summed E-state index contributed by atoms with van der Waals surface area (Å²) in [7, 11) is 0. The molecule has 0 saturated heterocycles. The van der Waals surface area contributed by atoms with Crippen LogP contribution in [0, 0.1) is 23.7 Å². The fourth-order valence-electron chi connectivity index (χ4n) is 14.0. The molecule has 4 heterocycles. The molecule has 3 heteroatoms. The molecule has 4 saturated carbocycles. The van der Waals surface area contributed by atoms with E-state index in [9.17, 15) is 0 Å². The van der Waals surface area contributed by atoms with E-state index in [2.05, 4.69) is 61.0 Å². The van der Waals surface area contributed by atoms with Crippen LogP contribution in [-0.4, -0.2) is 14.4 Å². The van der Waals surface area contributed by atoms with Gasteiger partial charge in [-0.25, -0.2) is 0 Å². The van der Waals surface area contributed by atoms with E-state index in [0.29, 0.717) is 23.7 Å². The second-order valence-corrected chi connectivity index (χ2v) is 17.8. The molecule has 9 aliphatic carbocycles. The van der Waals surface area contributed by atoms with Crippen LogP contribution >= 0.6 is 0 Å². The van der Waals surface area contributed by atoms with Crippen LogP contribution in [0.3, 0.4) is 0 Å². The Labute approximate surface area is 270 Å². The van der Waals surface area contributed by atoms with Crippen molar-refractivity contribution in [3.8, 4) is 11.1 Å². The van der Waals surface area contributed by atoms with Gasteiger partial charge in [0.25, 0.3) is 0 Å². The third kappa shape index (κ3) is 2.69. The zero-order valence-corrected chi connectivity index (χ0v) is 27.1. The lowest BCUT2D eigenvalue weighted by molar-refractivity contribution is 0.165. The van der Waals surface area contributed by atoms with Crippen molar-refractivity contribution < 1.29 is 0 Å². The highest BCUT2D eigenvalue weighted by Gasteiger charge is 2.47. The van der Waals surface area contributed by atoms with Crippen LogP contribution in [0.25, 0.3) is 49.2 Å². The van der Waals surface area contributed by atoms with Gasteiger partial charge in [0.15, 0.2) is 0 Å². The van der Waals surface area contributed by atoms with Gasteiger partial charge in [-0.1, -0.05) is 38.1 Å². The van der Waals surface area contributed by atoms with Gasteiger partial charge in [0.2, 0.25) is 0 Å². The third-order valence-electron chi connectivity index (χ3n) is 15.2. The normalized spacial score (nSPS) is 34.0. The number of rotatable bonds is 0. The van der Waals surface area contributed by atoms with Crippen molar-refractivity contribution >= 4 is 38.1 Å². The minimum Gasteiger partial charge on any atom is -0.305 e. The lowest BCUT2D eigenvalue weighted by atomic mass is 9.67. The average molecular weight is 600 g/mol. The quantitative estimate of drug-likeness (QED) is 0.174. The van der Waals surface area contributed by atoms with Crippen molar-refractivity contribution in [2.75, 3.05) is 0 Å². The molecule has 15 rings (SSSR count). The van der Waals surface area contributed by atoms with Gasteiger partial charge < -0.3 is 4.40 Å². The summed E-state index contributed by atoms with van der Waals surface area (Å²) >= 11 is 0. The zero-order valence-electron chi connectivity index (χ0n) is 27.1. The Morgan fingerprint density at radius 2 is 1.15 bits per heavy atom. The molecule has 0 N–H and O–H groups in total. The SMILES string of the molecule is CC1(C)c2ccccc2-c2cc3c4c5c(ncc4n4c6cnc7c(c6c(c21)c34)C1CC2CC(CC7C2)C1)C1CC2CC(C1)CC5C2. The van der Waals surface area contributed by atoms with Gasteiger partial charge in [-0.15, -0.1) is 0 Å². The maximum Gasteiger partial charge on any atom is 0.0728 e. The number of pyridine rings is 2. The van der Waals surface area contributed by atoms with Crippen molar-refractivity contribution in [2.24, 2.45) is 23.7 Å². The van der Waals surface area contributed by atoms with Crippen LogP contribution < -0.4 is 0 Å². The highest BCUT2D eigenvalue weighted by atomic mass is 15.0. The van der Waals surface area contributed by atoms with Gasteiger partial charge >= 0.3 is 0 Å². The number of fused-ring (bicyclic) bond motifs is 10. The van der Waals surface area contributed by atoms with E-state index in [-0.39, 0.29) is 5.41 Å². The van der Waals surface area contributed by atoms with Crippen LogP contribution in [-0.2, 0) is 5.41 Å². The molecule has 2 aromatic carbocycles. The lowest BCUT2D eigenvalue weighted by Crippen LogP contribution is -2.25. The maximum absolute atomic E-state index is 5.50. The van der Waals surface area contributed by atoms with Crippen molar-refractivity contribution in [1.29, 1.82) is 0 Å². The summed E-state index contributed by atoms with van der Waals surface area (Å²) in [5.41, 5.74) is 16.4. The van der Waals surface area contributed by atoms with E-state index in [1.54, 1.807) is 32.8 Å². The van der Waals surface area contributed by atoms with E-state index < -0.39 is 0 Å². The first-order chi connectivity index (χ1) is 22.5. The summed E-state index contributed by atoms with van der Waals surface area (Å²) in [4.78, 5) is 11.0. The number of benzene rings is 2. The average Bonchev–Trinajstić information content (AvgIpc) is 3.54. The number of aromatic nitrogens is 3. The number of hydrogen-bond donors (Lipinski definition) is 0. The molecule has 4 atom stereocenters. The molecule has 228 valence electrons. The lowest BCUT2D eigenvalue weighted by Gasteiger charge is -2.38. The van der Waals surface area contributed by atoms with Gasteiger partial charge in [0, 0.05) is 50.2 Å². The Kier molecular flexibility index (Phi) is 4.19. The van der Waals surface area contributed by atoms with Crippen molar-refractivity contribution in [3.63, 3.8) is 0 Å². The minimum atomic E-state index is -0.0522. The summed E-state index contributed by atoms with van der Waals surface area (Å²) in [5.74, 6) is 6.19. The van der Waals surface area contributed by atoms with Crippen LogP contribution in [0.2, 0.25) is 0 Å². The van der Waals surface area contributed by atoms with Crippen LogP contribution in [0.5, 0.6) is 0 Å². The topological polar surface area (TPSA) is 30.2 Å². The van der Waals surface area contributed by atoms with Gasteiger partial charge in [0.05, 0.1) is 28.9 Å². The fraction of sp³-hybridized carbons (Fsp3) is 0.488. The van der Waals surface area contributed by atoms with Crippen LogP contribution in [0.15, 0.2) is 42.7 Å². The molecule has 8 bridgehead atoms. The molecule has 4 unspecified atom stereocenters. The molecular weight excluding hydrogens is 558 g/mol. The van der Waals surface area contributed by atoms with E-state index in [0.717, 1.165) is 23.7 Å². The molecule has 3 nitrogen and oxygen atoms in total. The van der Waals surface area contributed by atoms with Gasteiger partial charge in [0.1, 0.15) is 0 Å². The van der Waals surface area contributed by atoms with Crippen molar-refractivity contribution in [3.05, 3.63) is 76.4 Å².